The molecule has 2 saturated carbocycles. The second kappa shape index (κ2) is 8.00. The molecule has 0 radical (unpaired) electrons. The van der Waals surface area contributed by atoms with Gasteiger partial charge in [0.2, 0.25) is 0 Å². The Morgan fingerprint density at radius 2 is 1.83 bits per heavy atom. The van der Waals surface area contributed by atoms with Crippen LogP contribution < -0.4 is 8.92 Å². The zero-order valence-electron chi connectivity index (χ0n) is 17.1. The van der Waals surface area contributed by atoms with Crippen LogP contribution in [-0.4, -0.2) is 21.0 Å². The van der Waals surface area contributed by atoms with E-state index in [0.717, 1.165) is 50.5 Å². The Kier molecular flexibility index (Phi) is 6.14. The molecule has 0 amide bonds. The number of alkyl halides is 3. The molecular formula is C21H29F3O4S. The van der Waals surface area contributed by atoms with Crippen LogP contribution in [0.25, 0.3) is 0 Å². The molecule has 1 aromatic rings. The van der Waals surface area contributed by atoms with Crippen LogP contribution in [0.4, 0.5) is 13.2 Å². The highest BCUT2D eigenvalue weighted by molar-refractivity contribution is 7.88. The number of methoxy groups -OCH3 is 1. The SMILES string of the molecule is CCc1ccc(OC)c(OS(=O)(=O)C(F)(F)F)c1C12CCCCC1[C@@H](C)CCC2. The van der Waals surface area contributed by atoms with Gasteiger partial charge in [0.15, 0.2) is 11.5 Å². The summed E-state index contributed by atoms with van der Waals surface area (Å²) in [7, 11) is -4.49. The Bertz CT molecular complexity index is 846. The van der Waals surface area contributed by atoms with Gasteiger partial charge in [-0.05, 0) is 49.1 Å². The van der Waals surface area contributed by atoms with E-state index in [1.807, 2.05) is 13.0 Å². The van der Waals surface area contributed by atoms with Crippen molar-refractivity contribution in [2.24, 2.45) is 11.8 Å². The maximum atomic E-state index is 13.2. The van der Waals surface area contributed by atoms with Crippen molar-refractivity contribution in [2.45, 2.75) is 76.1 Å². The molecule has 0 saturated heterocycles. The standard InChI is InChI=1S/C21H29F3O4S/c1-4-15-10-11-17(27-3)19(28-29(25,26)21(22,23)24)18(15)20-12-6-5-9-16(20)14(2)8-7-13-20/h10-11,14,16H,4-9,12-13H2,1-3H3/t14-,16?,20?/m0/s1. The molecule has 0 aromatic heterocycles. The van der Waals surface area contributed by atoms with Crippen LogP contribution in [0.5, 0.6) is 11.5 Å². The third-order valence-corrected chi connectivity index (χ3v) is 7.80. The van der Waals surface area contributed by atoms with Gasteiger partial charge in [0.25, 0.3) is 0 Å². The first-order valence-corrected chi connectivity index (χ1v) is 11.7. The summed E-state index contributed by atoms with van der Waals surface area (Å²) >= 11 is 0. The Balaban J connectivity index is 2.27. The first-order valence-electron chi connectivity index (χ1n) is 10.3. The second-order valence-corrected chi connectivity index (χ2v) is 9.88. The van der Waals surface area contributed by atoms with Crippen LogP contribution >= 0.6 is 0 Å². The van der Waals surface area contributed by atoms with Gasteiger partial charge < -0.3 is 8.92 Å². The normalized spacial score (nSPS) is 27.9. The lowest BCUT2D eigenvalue weighted by Gasteiger charge is -2.52. The molecule has 8 heteroatoms. The van der Waals surface area contributed by atoms with Crippen molar-refractivity contribution in [1.82, 2.24) is 0 Å². The van der Waals surface area contributed by atoms with Crippen LogP contribution in [0.1, 0.15) is 69.9 Å². The molecule has 1 aromatic carbocycles. The van der Waals surface area contributed by atoms with E-state index in [1.165, 1.54) is 13.2 Å². The number of hydrogen-bond acceptors (Lipinski definition) is 4. The molecule has 0 spiro atoms. The lowest BCUT2D eigenvalue weighted by molar-refractivity contribution is -0.0501. The number of halogens is 3. The number of benzene rings is 1. The summed E-state index contributed by atoms with van der Waals surface area (Å²) in [6.45, 7) is 4.12. The zero-order chi connectivity index (χ0) is 21.4. The van der Waals surface area contributed by atoms with Crippen LogP contribution in [0.2, 0.25) is 0 Å². The Labute approximate surface area is 170 Å². The molecule has 2 aliphatic rings. The summed E-state index contributed by atoms with van der Waals surface area (Å²) in [5.41, 5.74) is -4.43. The third kappa shape index (κ3) is 3.84. The summed E-state index contributed by atoms with van der Waals surface area (Å²) < 4.78 is 73.4. The number of rotatable bonds is 5. The van der Waals surface area contributed by atoms with Crippen molar-refractivity contribution in [1.29, 1.82) is 0 Å². The molecule has 0 aliphatic heterocycles. The van der Waals surface area contributed by atoms with E-state index in [0.29, 0.717) is 23.8 Å². The molecule has 3 rings (SSSR count). The maximum absolute atomic E-state index is 13.2. The van der Waals surface area contributed by atoms with Gasteiger partial charge in [-0.25, -0.2) is 0 Å². The van der Waals surface area contributed by atoms with E-state index in [9.17, 15) is 21.6 Å². The van der Waals surface area contributed by atoms with Crippen LogP contribution in [0.15, 0.2) is 12.1 Å². The molecule has 0 bridgehead atoms. The van der Waals surface area contributed by atoms with Crippen LogP contribution in [0, 0.1) is 11.8 Å². The number of ether oxygens (including phenoxy) is 1. The molecule has 2 fully saturated rings. The van der Waals surface area contributed by atoms with Crippen molar-refractivity contribution in [3.05, 3.63) is 23.3 Å². The van der Waals surface area contributed by atoms with E-state index in [4.69, 9.17) is 8.92 Å². The van der Waals surface area contributed by atoms with Crippen molar-refractivity contribution in [2.75, 3.05) is 7.11 Å². The predicted molar refractivity (Wildman–Crippen MR) is 105 cm³/mol. The molecule has 3 atom stereocenters. The smallest absolute Gasteiger partial charge is 0.493 e. The van der Waals surface area contributed by atoms with E-state index in [1.54, 1.807) is 0 Å². The Morgan fingerprint density at radius 3 is 2.45 bits per heavy atom. The van der Waals surface area contributed by atoms with Crippen molar-refractivity contribution in [3.8, 4) is 11.5 Å². The van der Waals surface area contributed by atoms with Gasteiger partial charge in [0, 0.05) is 11.0 Å². The quantitative estimate of drug-likeness (QED) is 0.438. The highest BCUT2D eigenvalue weighted by Gasteiger charge is 2.52. The highest BCUT2D eigenvalue weighted by atomic mass is 32.2. The average Bonchev–Trinajstić information content (AvgIpc) is 2.66. The fourth-order valence-electron chi connectivity index (χ4n) is 5.63. The minimum absolute atomic E-state index is 0.0296. The topological polar surface area (TPSA) is 52.6 Å². The molecule has 0 N–H and O–H groups in total. The number of aryl methyl sites for hydroxylation is 1. The van der Waals surface area contributed by atoms with E-state index >= 15 is 0 Å². The molecule has 0 heterocycles. The lowest BCUT2D eigenvalue weighted by Crippen LogP contribution is -2.45. The molecule has 164 valence electrons. The van der Waals surface area contributed by atoms with Gasteiger partial charge in [0.1, 0.15) is 0 Å². The first-order chi connectivity index (χ1) is 13.6. The molecule has 4 nitrogen and oxygen atoms in total. The summed E-state index contributed by atoms with van der Waals surface area (Å²) in [5, 5.41) is 0. The summed E-state index contributed by atoms with van der Waals surface area (Å²) in [4.78, 5) is 0. The second-order valence-electron chi connectivity index (χ2n) is 8.35. The van der Waals surface area contributed by atoms with Crippen molar-refractivity contribution >= 4 is 10.1 Å². The zero-order valence-corrected chi connectivity index (χ0v) is 18.0. The van der Waals surface area contributed by atoms with Gasteiger partial charge in [-0.15, -0.1) is 0 Å². The predicted octanol–water partition coefficient (Wildman–Crippen LogP) is 5.73. The molecule has 2 unspecified atom stereocenters. The van der Waals surface area contributed by atoms with E-state index < -0.39 is 15.6 Å². The highest BCUT2D eigenvalue weighted by Crippen LogP contribution is 2.58. The Hall–Kier alpha value is -1.44. The van der Waals surface area contributed by atoms with E-state index in [2.05, 4.69) is 6.92 Å². The lowest BCUT2D eigenvalue weighted by atomic mass is 9.53. The fraction of sp³-hybridized carbons (Fsp3) is 0.714. The largest absolute Gasteiger partial charge is 0.534 e. The van der Waals surface area contributed by atoms with Gasteiger partial charge in [-0.1, -0.05) is 45.6 Å². The monoisotopic (exact) mass is 434 g/mol. The van der Waals surface area contributed by atoms with Gasteiger partial charge >= 0.3 is 15.6 Å². The van der Waals surface area contributed by atoms with Gasteiger partial charge in [0.05, 0.1) is 7.11 Å². The van der Waals surface area contributed by atoms with Crippen molar-refractivity contribution in [3.63, 3.8) is 0 Å². The van der Waals surface area contributed by atoms with Crippen LogP contribution in [0.3, 0.4) is 0 Å². The third-order valence-electron chi connectivity index (χ3n) is 6.85. The van der Waals surface area contributed by atoms with Gasteiger partial charge in [-0.3, -0.25) is 0 Å². The first kappa shape index (κ1) is 22.2. The maximum Gasteiger partial charge on any atom is 0.534 e. The molecule has 29 heavy (non-hydrogen) atoms. The van der Waals surface area contributed by atoms with E-state index in [-0.39, 0.29) is 16.9 Å². The molecule has 2 aliphatic carbocycles. The Morgan fingerprint density at radius 1 is 1.14 bits per heavy atom. The minimum Gasteiger partial charge on any atom is -0.493 e. The number of hydrogen-bond donors (Lipinski definition) is 0. The number of fused-ring (bicyclic) bond motifs is 1. The summed E-state index contributed by atoms with van der Waals surface area (Å²) in [5.74, 6) is 0.470. The summed E-state index contributed by atoms with van der Waals surface area (Å²) in [6.07, 6.45) is 7.30. The van der Waals surface area contributed by atoms with Crippen molar-refractivity contribution < 1.29 is 30.5 Å². The average molecular weight is 435 g/mol. The minimum atomic E-state index is -5.80. The molecular weight excluding hydrogens is 405 g/mol. The summed E-state index contributed by atoms with van der Waals surface area (Å²) in [6, 6.07) is 3.34. The van der Waals surface area contributed by atoms with Gasteiger partial charge in [-0.2, -0.15) is 21.6 Å². The van der Waals surface area contributed by atoms with Crippen LogP contribution in [-0.2, 0) is 22.0 Å². The fourth-order valence-corrected chi connectivity index (χ4v) is 6.11.